The summed E-state index contributed by atoms with van der Waals surface area (Å²) in [5.41, 5.74) is 1.03. The maximum Gasteiger partial charge on any atom is 0.239 e. The Kier molecular flexibility index (Phi) is 4.43. The first-order chi connectivity index (χ1) is 9.06. The summed E-state index contributed by atoms with van der Waals surface area (Å²) in [5.74, 6) is 1.01. The molecule has 1 fully saturated rings. The van der Waals surface area contributed by atoms with Gasteiger partial charge in [-0.25, -0.2) is 0 Å². The van der Waals surface area contributed by atoms with Gasteiger partial charge in [0.1, 0.15) is 5.75 Å². The summed E-state index contributed by atoms with van der Waals surface area (Å²) in [4.78, 5) is 14.1. The number of rotatable bonds is 3. The lowest BCUT2D eigenvalue weighted by Crippen LogP contribution is -2.48. The van der Waals surface area contributed by atoms with Crippen molar-refractivity contribution in [1.29, 1.82) is 0 Å². The minimum absolute atomic E-state index is 0.0501. The van der Waals surface area contributed by atoms with Gasteiger partial charge in [-0.1, -0.05) is 19.1 Å². The molecule has 2 N–H and O–H groups in total. The predicted molar refractivity (Wildman–Crippen MR) is 74.8 cm³/mol. The molecule has 0 aliphatic carbocycles. The highest BCUT2D eigenvalue weighted by atomic mass is 16.3. The van der Waals surface area contributed by atoms with Crippen LogP contribution in [0.3, 0.4) is 0 Å². The summed E-state index contributed by atoms with van der Waals surface area (Å²) in [6.45, 7) is 3.69. The molecule has 2 rings (SSSR count). The van der Waals surface area contributed by atoms with Crippen LogP contribution in [-0.4, -0.2) is 35.5 Å². The van der Waals surface area contributed by atoms with Gasteiger partial charge in [0.05, 0.1) is 6.04 Å². The number of carbonyl (C=O) groups excluding carboxylic acids is 1. The van der Waals surface area contributed by atoms with Gasteiger partial charge < -0.3 is 15.3 Å². The number of carbonyl (C=O) groups is 1. The molecule has 0 aromatic heterocycles. The Hall–Kier alpha value is -1.55. The van der Waals surface area contributed by atoms with Gasteiger partial charge in [0, 0.05) is 13.6 Å². The summed E-state index contributed by atoms with van der Waals surface area (Å²) < 4.78 is 0. The van der Waals surface area contributed by atoms with Gasteiger partial charge in [-0.3, -0.25) is 4.79 Å². The van der Waals surface area contributed by atoms with Gasteiger partial charge in [0.2, 0.25) is 5.91 Å². The Morgan fingerprint density at radius 2 is 2.11 bits per heavy atom. The van der Waals surface area contributed by atoms with Crippen LogP contribution in [0.25, 0.3) is 0 Å². The molecule has 2 unspecified atom stereocenters. The van der Waals surface area contributed by atoms with E-state index in [1.807, 2.05) is 19.2 Å². The van der Waals surface area contributed by atoms with Crippen LogP contribution in [0.15, 0.2) is 24.3 Å². The van der Waals surface area contributed by atoms with Crippen molar-refractivity contribution in [1.82, 2.24) is 10.2 Å². The number of nitrogens with one attached hydrogen (secondary N) is 1. The summed E-state index contributed by atoms with van der Waals surface area (Å²) in [6, 6.07) is 6.93. The molecule has 0 bridgehead atoms. The molecule has 1 aromatic rings. The monoisotopic (exact) mass is 262 g/mol. The van der Waals surface area contributed by atoms with Crippen molar-refractivity contribution in [2.75, 3.05) is 13.6 Å². The highest BCUT2D eigenvalue weighted by Gasteiger charge is 2.26. The molecule has 1 aliphatic heterocycles. The molecule has 2 atom stereocenters. The van der Waals surface area contributed by atoms with E-state index in [1.165, 1.54) is 0 Å². The van der Waals surface area contributed by atoms with Crippen LogP contribution >= 0.6 is 0 Å². The minimum atomic E-state index is -0.0501. The normalized spacial score (nSPS) is 23.1. The van der Waals surface area contributed by atoms with E-state index in [0.29, 0.717) is 12.5 Å². The molecule has 1 saturated heterocycles. The lowest BCUT2D eigenvalue weighted by atomic mass is 9.93. The number of phenols is 1. The number of likely N-dealkylation sites (N-methyl/N-ethyl adjacent to an activating group) is 1. The standard InChI is InChI=1S/C15H22N2O2/c1-11-7-8-16-14(9-11)15(19)17(2)10-12-3-5-13(18)6-4-12/h3-6,11,14,16,18H,7-10H2,1-2H3. The van der Waals surface area contributed by atoms with Gasteiger partial charge in [-0.15, -0.1) is 0 Å². The topological polar surface area (TPSA) is 52.6 Å². The quantitative estimate of drug-likeness (QED) is 0.872. The van der Waals surface area contributed by atoms with Crippen molar-refractivity contribution >= 4 is 5.91 Å². The first kappa shape index (κ1) is 13.9. The zero-order valence-corrected chi connectivity index (χ0v) is 11.6. The fraction of sp³-hybridized carbons (Fsp3) is 0.533. The number of hydrogen-bond donors (Lipinski definition) is 2. The first-order valence-electron chi connectivity index (χ1n) is 6.82. The van der Waals surface area contributed by atoms with Crippen LogP contribution in [0.1, 0.15) is 25.3 Å². The molecule has 1 aliphatic rings. The summed E-state index contributed by atoms with van der Waals surface area (Å²) in [7, 11) is 1.83. The van der Waals surface area contributed by atoms with E-state index in [-0.39, 0.29) is 17.7 Å². The Morgan fingerprint density at radius 1 is 1.42 bits per heavy atom. The molecule has 4 nitrogen and oxygen atoms in total. The van der Waals surface area contributed by atoms with Crippen molar-refractivity contribution in [3.05, 3.63) is 29.8 Å². The largest absolute Gasteiger partial charge is 0.508 e. The van der Waals surface area contributed by atoms with Crippen LogP contribution in [0, 0.1) is 5.92 Å². The summed E-state index contributed by atoms with van der Waals surface area (Å²) in [5, 5.41) is 12.5. The van der Waals surface area contributed by atoms with Crippen LogP contribution in [-0.2, 0) is 11.3 Å². The number of hydrogen-bond acceptors (Lipinski definition) is 3. The maximum absolute atomic E-state index is 12.3. The molecule has 4 heteroatoms. The number of piperidine rings is 1. The number of aromatic hydroxyl groups is 1. The van der Waals surface area contributed by atoms with Gasteiger partial charge in [0.15, 0.2) is 0 Å². The molecule has 0 radical (unpaired) electrons. The smallest absolute Gasteiger partial charge is 0.239 e. The van der Waals surface area contributed by atoms with Crippen molar-refractivity contribution < 1.29 is 9.90 Å². The molecule has 1 amide bonds. The van der Waals surface area contributed by atoms with Gasteiger partial charge in [-0.2, -0.15) is 0 Å². The molecule has 0 saturated carbocycles. The molecule has 1 aromatic carbocycles. The van der Waals surface area contributed by atoms with Crippen LogP contribution in [0.5, 0.6) is 5.75 Å². The van der Waals surface area contributed by atoms with E-state index in [9.17, 15) is 9.90 Å². The lowest BCUT2D eigenvalue weighted by Gasteiger charge is -2.30. The second kappa shape index (κ2) is 6.06. The predicted octanol–water partition coefficient (Wildman–Crippen LogP) is 1.74. The van der Waals surface area contributed by atoms with E-state index in [4.69, 9.17) is 0 Å². The Balaban J connectivity index is 1.93. The third kappa shape index (κ3) is 3.70. The summed E-state index contributed by atoms with van der Waals surface area (Å²) >= 11 is 0. The maximum atomic E-state index is 12.3. The number of phenolic OH excluding ortho intramolecular Hbond substituents is 1. The Bertz CT molecular complexity index is 430. The zero-order valence-electron chi connectivity index (χ0n) is 11.6. The number of benzene rings is 1. The fourth-order valence-electron chi connectivity index (χ4n) is 2.51. The average Bonchev–Trinajstić information content (AvgIpc) is 2.40. The SMILES string of the molecule is CC1CCNC(C(=O)N(C)Cc2ccc(O)cc2)C1. The molecule has 19 heavy (non-hydrogen) atoms. The van der Waals surface area contributed by atoms with E-state index >= 15 is 0 Å². The minimum Gasteiger partial charge on any atom is -0.508 e. The summed E-state index contributed by atoms with van der Waals surface area (Å²) in [6.07, 6.45) is 2.06. The average molecular weight is 262 g/mol. The van der Waals surface area contributed by atoms with Crippen molar-refractivity contribution in [2.24, 2.45) is 5.92 Å². The second-order valence-corrected chi connectivity index (χ2v) is 5.50. The van der Waals surface area contributed by atoms with E-state index < -0.39 is 0 Å². The highest BCUT2D eigenvalue weighted by Crippen LogP contribution is 2.17. The number of amides is 1. The molecule has 104 valence electrons. The van der Waals surface area contributed by atoms with E-state index in [2.05, 4.69) is 12.2 Å². The third-order valence-electron chi connectivity index (χ3n) is 3.70. The van der Waals surface area contributed by atoms with Crippen molar-refractivity contribution in [3.8, 4) is 5.75 Å². The second-order valence-electron chi connectivity index (χ2n) is 5.50. The Morgan fingerprint density at radius 3 is 2.74 bits per heavy atom. The first-order valence-corrected chi connectivity index (χ1v) is 6.82. The van der Waals surface area contributed by atoms with E-state index in [0.717, 1.165) is 24.9 Å². The highest BCUT2D eigenvalue weighted by molar-refractivity contribution is 5.81. The third-order valence-corrected chi connectivity index (χ3v) is 3.70. The molecule has 0 spiro atoms. The Labute approximate surface area is 114 Å². The lowest BCUT2D eigenvalue weighted by molar-refractivity contribution is -0.133. The van der Waals surface area contributed by atoms with Crippen LogP contribution < -0.4 is 5.32 Å². The van der Waals surface area contributed by atoms with Gasteiger partial charge in [0.25, 0.3) is 0 Å². The zero-order chi connectivity index (χ0) is 13.8. The number of nitrogens with zero attached hydrogens (tertiary/aromatic N) is 1. The molecular formula is C15H22N2O2. The van der Waals surface area contributed by atoms with Crippen LogP contribution in [0.4, 0.5) is 0 Å². The van der Waals surface area contributed by atoms with Gasteiger partial charge >= 0.3 is 0 Å². The van der Waals surface area contributed by atoms with Crippen molar-refractivity contribution in [2.45, 2.75) is 32.4 Å². The van der Waals surface area contributed by atoms with Crippen LogP contribution in [0.2, 0.25) is 0 Å². The van der Waals surface area contributed by atoms with Gasteiger partial charge in [-0.05, 0) is 43.0 Å². The molecule has 1 heterocycles. The fourth-order valence-corrected chi connectivity index (χ4v) is 2.51. The van der Waals surface area contributed by atoms with Crippen molar-refractivity contribution in [3.63, 3.8) is 0 Å². The van der Waals surface area contributed by atoms with E-state index in [1.54, 1.807) is 17.0 Å². The molecular weight excluding hydrogens is 240 g/mol.